The quantitative estimate of drug-likeness (QED) is 0.441. The molecule has 0 saturated carbocycles. The minimum absolute atomic E-state index is 0.318. The molecule has 1 aliphatic heterocycles. The Morgan fingerprint density at radius 1 is 1.22 bits per heavy atom. The summed E-state index contributed by atoms with van der Waals surface area (Å²) in [5.41, 5.74) is 1.93. The molecule has 2 N–H and O–H groups in total. The van der Waals surface area contributed by atoms with Crippen LogP contribution in [0.1, 0.15) is 55.8 Å². The molecule has 0 aliphatic carbocycles. The molecule has 178 valence electrons. The van der Waals surface area contributed by atoms with Crippen LogP contribution in [0.5, 0.6) is 0 Å². The van der Waals surface area contributed by atoms with Gasteiger partial charge >= 0.3 is 0 Å². The zero-order valence-electron chi connectivity index (χ0n) is 19.4. The lowest BCUT2D eigenvalue weighted by molar-refractivity contribution is -0.138. The standard InChI is InChI=1S/C18H25N3O2S2.C5H10O2/c1-25(22,23)17-4-2-14(3-5-17)6-9-20-12-16-13-24-18(21-16)15-7-10-19-11-8-15;1-5(2,3)7-4-6/h2-5,13,15,19-20H,6-12H2,1H3;4H,1-3H3. The number of sulfone groups is 1. The smallest absolute Gasteiger partial charge is 0.293 e. The van der Waals surface area contributed by atoms with E-state index in [1.165, 1.54) is 24.1 Å². The fraction of sp³-hybridized carbons (Fsp3) is 0.565. The van der Waals surface area contributed by atoms with Crippen LogP contribution in [0, 0.1) is 0 Å². The van der Waals surface area contributed by atoms with E-state index in [1.807, 2.05) is 32.9 Å². The van der Waals surface area contributed by atoms with Gasteiger partial charge in [0.1, 0.15) is 5.60 Å². The fourth-order valence-corrected chi connectivity index (χ4v) is 4.78. The number of hydrogen-bond acceptors (Lipinski definition) is 8. The number of thiazole rings is 1. The number of carbonyl (C=O) groups is 1. The molecule has 0 spiro atoms. The third-order valence-electron chi connectivity index (χ3n) is 4.91. The molecule has 0 atom stereocenters. The number of nitrogens with one attached hydrogen (secondary N) is 2. The van der Waals surface area contributed by atoms with E-state index < -0.39 is 9.84 Å². The summed E-state index contributed by atoms with van der Waals surface area (Å²) in [5.74, 6) is 0.619. The first kappa shape index (κ1) is 26.4. The van der Waals surface area contributed by atoms with Crippen LogP contribution in [0.25, 0.3) is 0 Å². The van der Waals surface area contributed by atoms with Crippen LogP contribution in [0.4, 0.5) is 0 Å². The molecule has 1 aromatic heterocycles. The van der Waals surface area contributed by atoms with Gasteiger partial charge in [-0.15, -0.1) is 11.3 Å². The summed E-state index contributed by atoms with van der Waals surface area (Å²) in [4.78, 5) is 14.7. The minimum atomic E-state index is -3.11. The highest BCUT2D eigenvalue weighted by Crippen LogP contribution is 2.27. The van der Waals surface area contributed by atoms with E-state index >= 15 is 0 Å². The van der Waals surface area contributed by atoms with Gasteiger partial charge < -0.3 is 15.4 Å². The second-order valence-corrected chi connectivity index (χ2v) is 11.8. The number of carbonyl (C=O) groups excluding carboxylic acids is 1. The van der Waals surface area contributed by atoms with Crippen molar-refractivity contribution in [2.24, 2.45) is 0 Å². The number of rotatable bonds is 8. The van der Waals surface area contributed by atoms with Crippen molar-refractivity contribution in [3.05, 3.63) is 45.9 Å². The second kappa shape index (κ2) is 12.4. The molecule has 1 aromatic carbocycles. The summed E-state index contributed by atoms with van der Waals surface area (Å²) >= 11 is 1.78. The van der Waals surface area contributed by atoms with Crippen molar-refractivity contribution in [2.45, 2.75) is 63.0 Å². The van der Waals surface area contributed by atoms with E-state index in [9.17, 15) is 13.2 Å². The zero-order chi connectivity index (χ0) is 23.6. The fourth-order valence-electron chi connectivity index (χ4n) is 3.16. The molecule has 32 heavy (non-hydrogen) atoms. The Morgan fingerprint density at radius 3 is 2.41 bits per heavy atom. The van der Waals surface area contributed by atoms with Crippen LogP contribution >= 0.6 is 11.3 Å². The molecule has 1 aliphatic rings. The van der Waals surface area contributed by atoms with Gasteiger partial charge in [-0.25, -0.2) is 13.4 Å². The summed E-state index contributed by atoms with van der Waals surface area (Å²) in [7, 11) is -3.11. The van der Waals surface area contributed by atoms with Gasteiger partial charge in [-0.2, -0.15) is 0 Å². The van der Waals surface area contributed by atoms with Crippen LogP contribution in [0.3, 0.4) is 0 Å². The summed E-state index contributed by atoms with van der Waals surface area (Å²) in [6, 6.07) is 7.12. The number of benzene rings is 1. The van der Waals surface area contributed by atoms with Gasteiger partial charge in [0, 0.05) is 24.1 Å². The Balaban J connectivity index is 0.000000451. The number of aromatic nitrogens is 1. The number of piperidine rings is 1. The van der Waals surface area contributed by atoms with Crippen LogP contribution in [0.2, 0.25) is 0 Å². The Bertz CT molecular complexity index is 929. The molecule has 2 heterocycles. The molecular weight excluding hydrogens is 446 g/mol. The Hall–Kier alpha value is -1.81. The highest BCUT2D eigenvalue weighted by molar-refractivity contribution is 7.90. The topological polar surface area (TPSA) is 97.4 Å². The Labute approximate surface area is 195 Å². The number of hydrogen-bond donors (Lipinski definition) is 2. The highest BCUT2D eigenvalue weighted by Gasteiger charge is 2.18. The molecule has 3 rings (SSSR count). The van der Waals surface area contributed by atoms with Crippen molar-refractivity contribution >= 4 is 27.6 Å². The first-order valence-electron chi connectivity index (χ1n) is 10.8. The molecule has 2 aromatic rings. The normalized spacial score (nSPS) is 15.0. The molecule has 0 amide bonds. The van der Waals surface area contributed by atoms with E-state index in [0.717, 1.165) is 43.9 Å². The van der Waals surface area contributed by atoms with Crippen molar-refractivity contribution in [1.29, 1.82) is 0 Å². The molecule has 1 saturated heterocycles. The lowest BCUT2D eigenvalue weighted by atomic mass is 9.99. The van der Waals surface area contributed by atoms with Crippen molar-refractivity contribution in [3.63, 3.8) is 0 Å². The molecular formula is C23H35N3O4S2. The Kier molecular flexibility index (Phi) is 10.3. The average Bonchev–Trinajstić information content (AvgIpc) is 3.20. The van der Waals surface area contributed by atoms with Gasteiger partial charge in [-0.3, -0.25) is 4.79 Å². The minimum Gasteiger partial charge on any atom is -0.462 e. The van der Waals surface area contributed by atoms with Crippen molar-refractivity contribution < 1.29 is 17.9 Å². The third-order valence-corrected chi connectivity index (χ3v) is 7.09. The lowest BCUT2D eigenvalue weighted by Crippen LogP contribution is -2.26. The lowest BCUT2D eigenvalue weighted by Gasteiger charge is -2.20. The predicted octanol–water partition coefficient (Wildman–Crippen LogP) is 3.30. The van der Waals surface area contributed by atoms with Gasteiger partial charge in [-0.05, 0) is 77.4 Å². The maximum atomic E-state index is 11.5. The van der Waals surface area contributed by atoms with E-state index in [4.69, 9.17) is 4.98 Å². The second-order valence-electron chi connectivity index (χ2n) is 8.87. The summed E-state index contributed by atoms with van der Waals surface area (Å²) < 4.78 is 27.5. The van der Waals surface area contributed by atoms with E-state index in [2.05, 4.69) is 20.8 Å². The summed E-state index contributed by atoms with van der Waals surface area (Å²) in [6.45, 7) is 9.73. The highest BCUT2D eigenvalue weighted by atomic mass is 32.2. The van der Waals surface area contributed by atoms with Crippen LogP contribution < -0.4 is 10.6 Å². The molecule has 7 nitrogen and oxygen atoms in total. The number of ether oxygens (including phenoxy) is 1. The first-order valence-corrected chi connectivity index (χ1v) is 13.6. The van der Waals surface area contributed by atoms with Crippen LogP contribution in [-0.2, 0) is 32.3 Å². The van der Waals surface area contributed by atoms with Gasteiger partial charge in [0.15, 0.2) is 9.84 Å². The molecule has 1 fully saturated rings. The zero-order valence-corrected chi connectivity index (χ0v) is 21.0. The monoisotopic (exact) mass is 481 g/mol. The van der Waals surface area contributed by atoms with Gasteiger partial charge in [0.05, 0.1) is 15.6 Å². The summed E-state index contributed by atoms with van der Waals surface area (Å²) in [6.07, 6.45) is 4.47. The third kappa shape index (κ3) is 9.77. The summed E-state index contributed by atoms with van der Waals surface area (Å²) in [5, 5.41) is 10.2. The Morgan fingerprint density at radius 2 is 1.88 bits per heavy atom. The molecule has 0 bridgehead atoms. The van der Waals surface area contributed by atoms with Gasteiger partial charge in [0.2, 0.25) is 0 Å². The van der Waals surface area contributed by atoms with Crippen LogP contribution in [-0.4, -0.2) is 51.4 Å². The van der Waals surface area contributed by atoms with E-state index in [1.54, 1.807) is 23.5 Å². The van der Waals surface area contributed by atoms with Gasteiger partial charge in [0.25, 0.3) is 6.47 Å². The maximum absolute atomic E-state index is 11.5. The largest absolute Gasteiger partial charge is 0.462 e. The number of nitrogens with zero attached hydrogens (tertiary/aromatic N) is 1. The van der Waals surface area contributed by atoms with E-state index in [0.29, 0.717) is 17.3 Å². The van der Waals surface area contributed by atoms with Crippen molar-refractivity contribution in [2.75, 3.05) is 25.9 Å². The first-order chi connectivity index (χ1) is 15.1. The average molecular weight is 482 g/mol. The van der Waals surface area contributed by atoms with Gasteiger partial charge in [-0.1, -0.05) is 12.1 Å². The molecule has 9 heteroatoms. The van der Waals surface area contributed by atoms with Crippen molar-refractivity contribution in [1.82, 2.24) is 15.6 Å². The van der Waals surface area contributed by atoms with Crippen LogP contribution in [0.15, 0.2) is 34.5 Å². The SMILES string of the molecule is CC(C)(C)OC=O.CS(=O)(=O)c1ccc(CCNCc2csc(C3CCNCC3)n2)cc1. The maximum Gasteiger partial charge on any atom is 0.293 e. The molecule has 0 radical (unpaired) electrons. The predicted molar refractivity (Wildman–Crippen MR) is 129 cm³/mol. The van der Waals surface area contributed by atoms with Crippen molar-refractivity contribution in [3.8, 4) is 0 Å². The molecule has 0 unspecified atom stereocenters. The van der Waals surface area contributed by atoms with E-state index in [-0.39, 0.29) is 5.60 Å².